The summed E-state index contributed by atoms with van der Waals surface area (Å²) in [6.07, 6.45) is 3.45. The van der Waals surface area contributed by atoms with Gasteiger partial charge in [0.15, 0.2) is 5.96 Å². The Morgan fingerprint density at radius 1 is 1.26 bits per heavy atom. The Balaban J connectivity index is 1.70. The van der Waals surface area contributed by atoms with Gasteiger partial charge in [0.1, 0.15) is 0 Å². The van der Waals surface area contributed by atoms with Crippen molar-refractivity contribution in [2.24, 2.45) is 4.99 Å². The zero-order valence-corrected chi connectivity index (χ0v) is 14.7. The SMILES string of the molecule is CN=C(NCC1(O)CCC1)N1CCN(CCC(=O)N(C)C)CC1. The summed E-state index contributed by atoms with van der Waals surface area (Å²) in [5.41, 5.74) is -0.537. The number of hydrogen-bond donors (Lipinski definition) is 2. The van der Waals surface area contributed by atoms with Crippen LogP contribution in [0.25, 0.3) is 0 Å². The number of guanidine groups is 1. The van der Waals surface area contributed by atoms with Crippen LogP contribution in [0, 0.1) is 0 Å². The Morgan fingerprint density at radius 2 is 1.91 bits per heavy atom. The monoisotopic (exact) mass is 325 g/mol. The van der Waals surface area contributed by atoms with Gasteiger partial charge in [-0.05, 0) is 19.3 Å². The van der Waals surface area contributed by atoms with Gasteiger partial charge >= 0.3 is 0 Å². The standard InChI is InChI=1S/C16H31N5O2/c1-17-15(18-13-16(23)6-4-7-16)21-11-9-20(10-12-21)8-5-14(22)19(2)3/h23H,4-13H2,1-3H3,(H,17,18). The van der Waals surface area contributed by atoms with E-state index in [1.165, 1.54) is 0 Å². The predicted molar refractivity (Wildman–Crippen MR) is 91.5 cm³/mol. The van der Waals surface area contributed by atoms with Crippen molar-refractivity contribution in [2.45, 2.75) is 31.3 Å². The van der Waals surface area contributed by atoms with Crippen molar-refractivity contribution in [3.63, 3.8) is 0 Å². The van der Waals surface area contributed by atoms with E-state index in [0.29, 0.717) is 13.0 Å². The van der Waals surface area contributed by atoms with Crippen molar-refractivity contribution >= 4 is 11.9 Å². The quantitative estimate of drug-likeness (QED) is 0.530. The van der Waals surface area contributed by atoms with Crippen molar-refractivity contribution in [1.29, 1.82) is 0 Å². The zero-order chi connectivity index (χ0) is 16.9. The molecular weight excluding hydrogens is 294 g/mol. The van der Waals surface area contributed by atoms with Crippen molar-refractivity contribution in [3.8, 4) is 0 Å². The number of piperazine rings is 1. The normalized spacial score (nSPS) is 21.7. The lowest BCUT2D eigenvalue weighted by atomic mass is 9.80. The molecule has 2 aliphatic rings. The third-order valence-corrected chi connectivity index (χ3v) is 4.88. The highest BCUT2D eigenvalue weighted by atomic mass is 16.3. The number of aliphatic hydroxyl groups is 1. The van der Waals surface area contributed by atoms with Crippen molar-refractivity contribution in [3.05, 3.63) is 0 Å². The molecule has 1 saturated heterocycles. The van der Waals surface area contributed by atoms with E-state index in [-0.39, 0.29) is 5.91 Å². The van der Waals surface area contributed by atoms with Crippen LogP contribution in [0.3, 0.4) is 0 Å². The van der Waals surface area contributed by atoms with E-state index in [4.69, 9.17) is 0 Å². The van der Waals surface area contributed by atoms with Gasteiger partial charge < -0.3 is 20.2 Å². The fraction of sp³-hybridized carbons (Fsp3) is 0.875. The summed E-state index contributed by atoms with van der Waals surface area (Å²) in [7, 11) is 5.38. The maximum atomic E-state index is 11.7. The van der Waals surface area contributed by atoms with Gasteiger partial charge in [0, 0.05) is 66.8 Å². The van der Waals surface area contributed by atoms with Crippen LogP contribution in [0.4, 0.5) is 0 Å². The summed E-state index contributed by atoms with van der Waals surface area (Å²) in [6.45, 7) is 5.06. The second-order valence-electron chi connectivity index (χ2n) is 6.85. The molecule has 2 N–H and O–H groups in total. The van der Waals surface area contributed by atoms with Crippen LogP contribution in [0.15, 0.2) is 4.99 Å². The molecule has 1 amide bonds. The van der Waals surface area contributed by atoms with Gasteiger partial charge in [-0.1, -0.05) is 0 Å². The van der Waals surface area contributed by atoms with Crippen LogP contribution < -0.4 is 5.32 Å². The lowest BCUT2D eigenvalue weighted by Gasteiger charge is -2.40. The molecule has 1 heterocycles. The van der Waals surface area contributed by atoms with Crippen LogP contribution in [0.2, 0.25) is 0 Å². The largest absolute Gasteiger partial charge is 0.388 e. The number of carbonyl (C=O) groups is 1. The number of carbonyl (C=O) groups excluding carboxylic acids is 1. The van der Waals surface area contributed by atoms with Crippen molar-refractivity contribution in [1.82, 2.24) is 20.0 Å². The highest BCUT2D eigenvalue weighted by molar-refractivity contribution is 5.80. The van der Waals surface area contributed by atoms with Crippen LogP contribution in [0.5, 0.6) is 0 Å². The van der Waals surface area contributed by atoms with Crippen molar-refractivity contribution < 1.29 is 9.90 Å². The lowest BCUT2D eigenvalue weighted by molar-refractivity contribution is -0.129. The molecule has 0 radical (unpaired) electrons. The fourth-order valence-electron chi connectivity index (χ4n) is 3.00. The summed E-state index contributed by atoms with van der Waals surface area (Å²) in [5.74, 6) is 1.05. The van der Waals surface area contributed by atoms with Crippen LogP contribution in [-0.4, -0.2) is 97.7 Å². The Kier molecular flexibility index (Phi) is 6.24. The molecule has 7 nitrogen and oxygen atoms in total. The molecule has 0 aromatic rings. The van der Waals surface area contributed by atoms with Crippen molar-refractivity contribution in [2.75, 3.05) is 60.4 Å². The van der Waals surface area contributed by atoms with E-state index >= 15 is 0 Å². The second-order valence-corrected chi connectivity index (χ2v) is 6.85. The number of nitrogens with zero attached hydrogens (tertiary/aromatic N) is 4. The highest BCUT2D eigenvalue weighted by Gasteiger charge is 2.34. The summed E-state index contributed by atoms with van der Waals surface area (Å²) in [6, 6.07) is 0. The number of hydrogen-bond acceptors (Lipinski definition) is 4. The molecule has 0 spiro atoms. The summed E-state index contributed by atoms with van der Waals surface area (Å²) in [4.78, 5) is 22.2. The average Bonchev–Trinajstić information content (AvgIpc) is 2.52. The first-order valence-electron chi connectivity index (χ1n) is 8.54. The fourth-order valence-corrected chi connectivity index (χ4v) is 3.00. The number of nitrogens with one attached hydrogen (secondary N) is 1. The van der Waals surface area contributed by atoms with Crippen LogP contribution in [-0.2, 0) is 4.79 Å². The van der Waals surface area contributed by atoms with E-state index in [2.05, 4.69) is 20.1 Å². The summed E-state index contributed by atoms with van der Waals surface area (Å²) in [5, 5.41) is 13.5. The first-order valence-corrected chi connectivity index (χ1v) is 8.54. The maximum Gasteiger partial charge on any atom is 0.223 e. The van der Waals surface area contributed by atoms with Gasteiger partial charge in [-0.15, -0.1) is 0 Å². The Hall–Kier alpha value is -1.34. The first-order chi connectivity index (χ1) is 10.9. The first kappa shape index (κ1) is 18.0. The molecule has 132 valence electrons. The molecule has 2 rings (SSSR count). The third-order valence-electron chi connectivity index (χ3n) is 4.88. The van der Waals surface area contributed by atoms with E-state index in [9.17, 15) is 9.90 Å². The topological polar surface area (TPSA) is 71.4 Å². The smallest absolute Gasteiger partial charge is 0.223 e. The van der Waals surface area contributed by atoms with Gasteiger partial charge in [0.05, 0.1) is 5.60 Å². The van der Waals surface area contributed by atoms with E-state index in [1.807, 2.05) is 0 Å². The minimum absolute atomic E-state index is 0.179. The number of rotatable bonds is 5. The summed E-state index contributed by atoms with van der Waals surface area (Å²) < 4.78 is 0. The molecular formula is C16H31N5O2. The average molecular weight is 325 g/mol. The molecule has 0 aromatic heterocycles. The van der Waals surface area contributed by atoms with Crippen LogP contribution in [0.1, 0.15) is 25.7 Å². The Morgan fingerprint density at radius 3 is 2.39 bits per heavy atom. The van der Waals surface area contributed by atoms with Gasteiger partial charge in [0.2, 0.25) is 5.91 Å². The minimum Gasteiger partial charge on any atom is -0.388 e. The van der Waals surface area contributed by atoms with Gasteiger partial charge in [-0.25, -0.2) is 0 Å². The molecule has 1 aliphatic carbocycles. The molecule has 0 atom stereocenters. The Labute approximate surface area is 139 Å². The molecule has 0 unspecified atom stereocenters. The Bertz CT molecular complexity index is 426. The third kappa shape index (κ3) is 5.07. The molecule has 7 heteroatoms. The molecule has 1 aliphatic heterocycles. The van der Waals surface area contributed by atoms with E-state index < -0.39 is 5.60 Å². The lowest BCUT2D eigenvalue weighted by Crippen LogP contribution is -2.56. The summed E-state index contributed by atoms with van der Waals surface area (Å²) >= 11 is 0. The molecule has 2 fully saturated rings. The number of aliphatic imine (C=N–C) groups is 1. The van der Waals surface area contributed by atoms with Gasteiger partial charge in [-0.3, -0.25) is 14.7 Å². The molecule has 0 bridgehead atoms. The molecule has 23 heavy (non-hydrogen) atoms. The van der Waals surface area contributed by atoms with E-state index in [0.717, 1.165) is 57.9 Å². The zero-order valence-electron chi connectivity index (χ0n) is 14.7. The maximum absolute atomic E-state index is 11.7. The number of amides is 1. The minimum atomic E-state index is -0.537. The van der Waals surface area contributed by atoms with Gasteiger partial charge in [0.25, 0.3) is 0 Å². The molecule has 0 aromatic carbocycles. The highest BCUT2D eigenvalue weighted by Crippen LogP contribution is 2.30. The second kappa shape index (κ2) is 7.97. The predicted octanol–water partition coefficient (Wildman–Crippen LogP) is -0.427. The molecule has 1 saturated carbocycles. The van der Waals surface area contributed by atoms with E-state index in [1.54, 1.807) is 26.0 Å². The van der Waals surface area contributed by atoms with Gasteiger partial charge in [-0.2, -0.15) is 0 Å². The van der Waals surface area contributed by atoms with Crippen LogP contribution >= 0.6 is 0 Å².